The molecule has 0 aliphatic carbocycles. The molecule has 7 heteroatoms. The number of rotatable bonds is 5. The molecule has 1 aromatic heterocycles. The second-order valence-electron chi connectivity index (χ2n) is 6.39. The third-order valence-electron chi connectivity index (χ3n) is 3.11. The van der Waals surface area contributed by atoms with Crippen molar-refractivity contribution in [3.05, 3.63) is 57.6 Å². The molecule has 2 rings (SSSR count). The molecule has 0 radical (unpaired) electrons. The Morgan fingerprint density at radius 2 is 1.96 bits per heavy atom. The molecule has 0 fully saturated rings. The van der Waals surface area contributed by atoms with Gasteiger partial charge in [0.25, 0.3) is 0 Å². The summed E-state index contributed by atoms with van der Waals surface area (Å²) in [5, 5.41) is 10.2. The highest BCUT2D eigenvalue weighted by Gasteiger charge is 2.24. The van der Waals surface area contributed by atoms with E-state index in [1.54, 1.807) is 32.9 Å². The summed E-state index contributed by atoms with van der Waals surface area (Å²) in [5.41, 5.74) is 0.400. The predicted molar refractivity (Wildman–Crippen MR) is 93.7 cm³/mol. The van der Waals surface area contributed by atoms with E-state index >= 15 is 0 Å². The van der Waals surface area contributed by atoms with Crippen LogP contribution in [-0.2, 0) is 22.7 Å². The van der Waals surface area contributed by atoms with Crippen molar-refractivity contribution in [2.75, 3.05) is 0 Å². The van der Waals surface area contributed by atoms with Crippen molar-refractivity contribution in [3.63, 3.8) is 0 Å². The summed E-state index contributed by atoms with van der Waals surface area (Å²) in [6.45, 7) is 5.45. The molecule has 0 bridgehead atoms. The minimum atomic E-state index is -0.692. The Labute approximate surface area is 153 Å². The standard InChI is InChI=1S/C18H19BrFNO4/c1-18(2,3)25-17(23)15-11(4-7-14(19)16(15)22)9-24-10-13-6-5-12(20)8-21-13/h4-8,22H,9-10H2,1-3H3. The van der Waals surface area contributed by atoms with Crippen LogP contribution in [0.1, 0.15) is 42.4 Å². The highest BCUT2D eigenvalue weighted by atomic mass is 79.9. The van der Waals surface area contributed by atoms with Crippen LogP contribution in [0.4, 0.5) is 4.39 Å². The smallest absolute Gasteiger partial charge is 0.342 e. The lowest BCUT2D eigenvalue weighted by Crippen LogP contribution is -2.24. The summed E-state index contributed by atoms with van der Waals surface area (Å²) in [6.07, 6.45) is 1.11. The molecule has 0 saturated carbocycles. The van der Waals surface area contributed by atoms with Gasteiger partial charge in [-0.1, -0.05) is 6.07 Å². The molecular weight excluding hydrogens is 393 g/mol. The van der Waals surface area contributed by atoms with Gasteiger partial charge in [0.05, 0.1) is 29.6 Å². The van der Waals surface area contributed by atoms with Crippen LogP contribution in [0.25, 0.3) is 0 Å². The third kappa shape index (κ3) is 5.51. The Hall–Kier alpha value is -1.99. The maximum Gasteiger partial charge on any atom is 0.342 e. The molecule has 0 spiro atoms. The number of carbonyl (C=O) groups is 1. The number of aromatic hydroxyl groups is 1. The number of ether oxygens (including phenoxy) is 2. The second-order valence-corrected chi connectivity index (χ2v) is 7.25. The number of esters is 1. The molecule has 1 heterocycles. The number of pyridine rings is 1. The first-order chi connectivity index (χ1) is 11.7. The van der Waals surface area contributed by atoms with Gasteiger partial charge < -0.3 is 14.6 Å². The lowest BCUT2D eigenvalue weighted by molar-refractivity contribution is 0.00609. The quantitative estimate of drug-likeness (QED) is 0.740. The van der Waals surface area contributed by atoms with Crippen molar-refractivity contribution >= 4 is 21.9 Å². The summed E-state index contributed by atoms with van der Waals surface area (Å²) in [6, 6.07) is 6.10. The van der Waals surface area contributed by atoms with E-state index in [1.165, 1.54) is 12.1 Å². The van der Waals surface area contributed by atoms with Crippen molar-refractivity contribution in [1.82, 2.24) is 4.98 Å². The third-order valence-corrected chi connectivity index (χ3v) is 3.75. The summed E-state index contributed by atoms with van der Waals surface area (Å²) < 4.78 is 24.1. The zero-order valence-electron chi connectivity index (χ0n) is 14.2. The largest absolute Gasteiger partial charge is 0.506 e. The molecule has 2 aromatic rings. The minimum absolute atomic E-state index is 0.0522. The fourth-order valence-electron chi connectivity index (χ4n) is 2.04. The average Bonchev–Trinajstić information content (AvgIpc) is 2.51. The number of aromatic nitrogens is 1. The number of hydrogen-bond acceptors (Lipinski definition) is 5. The predicted octanol–water partition coefficient (Wildman–Crippen LogP) is 4.36. The van der Waals surface area contributed by atoms with Gasteiger partial charge in [0.1, 0.15) is 22.7 Å². The van der Waals surface area contributed by atoms with Crippen molar-refractivity contribution in [2.45, 2.75) is 39.6 Å². The monoisotopic (exact) mass is 411 g/mol. The molecule has 5 nitrogen and oxygen atoms in total. The van der Waals surface area contributed by atoms with Crippen LogP contribution in [-0.4, -0.2) is 21.7 Å². The first-order valence-corrected chi connectivity index (χ1v) is 8.38. The van der Waals surface area contributed by atoms with Gasteiger partial charge >= 0.3 is 5.97 Å². The highest BCUT2D eigenvalue weighted by Crippen LogP contribution is 2.32. The Bertz CT molecular complexity index is 757. The minimum Gasteiger partial charge on any atom is -0.506 e. The van der Waals surface area contributed by atoms with Gasteiger partial charge in [0.2, 0.25) is 0 Å². The molecule has 0 saturated heterocycles. The normalized spacial score (nSPS) is 11.4. The summed E-state index contributed by atoms with van der Waals surface area (Å²) in [7, 11) is 0. The van der Waals surface area contributed by atoms with Crippen LogP contribution >= 0.6 is 15.9 Å². The number of carbonyl (C=O) groups excluding carboxylic acids is 1. The molecule has 0 atom stereocenters. The number of phenolic OH excluding ortho intramolecular Hbond substituents is 1. The number of nitrogens with zero attached hydrogens (tertiary/aromatic N) is 1. The second kappa shape index (κ2) is 7.93. The van der Waals surface area contributed by atoms with Crippen LogP contribution in [0.5, 0.6) is 5.75 Å². The maximum absolute atomic E-state index is 12.8. The summed E-state index contributed by atoms with van der Waals surface area (Å²) in [4.78, 5) is 16.3. The van der Waals surface area contributed by atoms with Crippen LogP contribution in [0.15, 0.2) is 34.9 Å². The van der Waals surface area contributed by atoms with Crippen molar-refractivity contribution in [2.24, 2.45) is 0 Å². The van der Waals surface area contributed by atoms with E-state index in [-0.39, 0.29) is 24.5 Å². The number of hydrogen-bond donors (Lipinski definition) is 1. The van der Waals surface area contributed by atoms with E-state index in [2.05, 4.69) is 20.9 Å². The molecule has 25 heavy (non-hydrogen) atoms. The fraction of sp³-hybridized carbons (Fsp3) is 0.333. The maximum atomic E-state index is 12.8. The van der Waals surface area contributed by atoms with E-state index in [0.29, 0.717) is 15.7 Å². The molecule has 134 valence electrons. The topological polar surface area (TPSA) is 68.7 Å². The van der Waals surface area contributed by atoms with E-state index in [9.17, 15) is 14.3 Å². The van der Waals surface area contributed by atoms with Gasteiger partial charge in [0, 0.05) is 0 Å². The first kappa shape index (κ1) is 19.3. The molecule has 0 aliphatic heterocycles. The summed E-state index contributed by atoms with van der Waals surface area (Å²) >= 11 is 3.20. The van der Waals surface area contributed by atoms with E-state index in [1.807, 2.05) is 0 Å². The molecule has 0 amide bonds. The van der Waals surface area contributed by atoms with Crippen molar-refractivity contribution in [3.8, 4) is 5.75 Å². The Morgan fingerprint density at radius 3 is 2.56 bits per heavy atom. The number of benzene rings is 1. The van der Waals surface area contributed by atoms with Crippen molar-refractivity contribution in [1.29, 1.82) is 0 Å². The van der Waals surface area contributed by atoms with E-state index in [4.69, 9.17) is 9.47 Å². The molecule has 1 N–H and O–H groups in total. The molecule has 0 unspecified atom stereocenters. The van der Waals surface area contributed by atoms with Gasteiger partial charge in [-0.2, -0.15) is 0 Å². The lowest BCUT2D eigenvalue weighted by atomic mass is 10.1. The van der Waals surface area contributed by atoms with Gasteiger partial charge in [0.15, 0.2) is 0 Å². The lowest BCUT2D eigenvalue weighted by Gasteiger charge is -2.21. The molecule has 1 aromatic carbocycles. The molecular formula is C18H19BrFNO4. The van der Waals surface area contributed by atoms with Crippen LogP contribution < -0.4 is 0 Å². The average molecular weight is 412 g/mol. The van der Waals surface area contributed by atoms with Crippen LogP contribution in [0.3, 0.4) is 0 Å². The Morgan fingerprint density at radius 1 is 1.24 bits per heavy atom. The number of phenols is 1. The Balaban J connectivity index is 2.15. The zero-order valence-corrected chi connectivity index (χ0v) is 15.8. The van der Waals surface area contributed by atoms with Gasteiger partial charge in [-0.15, -0.1) is 0 Å². The molecule has 0 aliphatic rings. The van der Waals surface area contributed by atoms with E-state index < -0.39 is 17.4 Å². The fourth-order valence-corrected chi connectivity index (χ4v) is 2.37. The van der Waals surface area contributed by atoms with Gasteiger partial charge in [-0.3, -0.25) is 4.98 Å². The Kier molecular flexibility index (Phi) is 6.13. The van der Waals surface area contributed by atoms with Crippen molar-refractivity contribution < 1.29 is 23.8 Å². The summed E-state index contributed by atoms with van der Waals surface area (Å²) in [5.74, 6) is -1.26. The van der Waals surface area contributed by atoms with E-state index in [0.717, 1.165) is 6.20 Å². The number of halogens is 2. The zero-order chi connectivity index (χ0) is 18.6. The van der Waals surface area contributed by atoms with Gasteiger partial charge in [-0.25, -0.2) is 9.18 Å². The van der Waals surface area contributed by atoms with Crippen LogP contribution in [0.2, 0.25) is 0 Å². The van der Waals surface area contributed by atoms with Gasteiger partial charge in [-0.05, 0) is 60.5 Å². The first-order valence-electron chi connectivity index (χ1n) is 7.59. The van der Waals surface area contributed by atoms with Crippen LogP contribution in [0, 0.1) is 5.82 Å². The highest BCUT2D eigenvalue weighted by molar-refractivity contribution is 9.10. The SMILES string of the molecule is CC(C)(C)OC(=O)c1c(COCc2ccc(F)cn2)ccc(Br)c1O.